The molecule has 1 amide bonds. The maximum atomic E-state index is 12.5. The van der Waals surface area contributed by atoms with Crippen LogP contribution in [0.1, 0.15) is 22.8 Å². The van der Waals surface area contributed by atoms with Crippen LogP contribution in [0.5, 0.6) is 0 Å². The fraction of sp³-hybridized carbons (Fsp3) is 0.188. The van der Waals surface area contributed by atoms with Gasteiger partial charge in [-0.2, -0.15) is 0 Å². The van der Waals surface area contributed by atoms with Crippen molar-refractivity contribution >= 4 is 33.4 Å². The Balaban J connectivity index is 2.18. The first-order valence-electron chi connectivity index (χ1n) is 6.40. The Kier molecular flexibility index (Phi) is 5.21. The number of halogens is 2. The molecular weight excluding hydrogens is 338 g/mol. The van der Waals surface area contributed by atoms with Crippen molar-refractivity contribution in [2.45, 2.75) is 13.5 Å². The van der Waals surface area contributed by atoms with Crippen molar-refractivity contribution in [1.82, 2.24) is 4.90 Å². The first-order valence-corrected chi connectivity index (χ1v) is 7.57. The van der Waals surface area contributed by atoms with Gasteiger partial charge in [0.2, 0.25) is 0 Å². The highest BCUT2D eigenvalue weighted by Gasteiger charge is 2.15. The molecule has 0 fully saturated rings. The maximum Gasteiger partial charge on any atom is 0.254 e. The smallest absolute Gasteiger partial charge is 0.254 e. The van der Waals surface area contributed by atoms with Crippen LogP contribution in [0.2, 0.25) is 5.02 Å². The van der Waals surface area contributed by atoms with Crippen LogP contribution in [0.3, 0.4) is 0 Å². The Hall–Kier alpha value is -1.32. The molecule has 0 saturated carbocycles. The largest absolute Gasteiger partial charge is 0.335 e. The van der Waals surface area contributed by atoms with E-state index in [1.807, 2.05) is 55.5 Å². The van der Waals surface area contributed by atoms with Crippen LogP contribution >= 0.6 is 27.5 Å². The molecule has 0 heterocycles. The molecule has 20 heavy (non-hydrogen) atoms. The third-order valence-electron chi connectivity index (χ3n) is 3.08. The molecule has 0 N–H and O–H groups in total. The van der Waals surface area contributed by atoms with E-state index in [1.165, 1.54) is 0 Å². The Bertz CT molecular complexity index is 598. The van der Waals surface area contributed by atoms with Gasteiger partial charge in [-0.15, -0.1) is 0 Å². The van der Waals surface area contributed by atoms with Gasteiger partial charge in [-0.25, -0.2) is 0 Å². The maximum absolute atomic E-state index is 12.5. The third-order valence-corrected chi connectivity index (χ3v) is 3.98. The average Bonchev–Trinajstić information content (AvgIpc) is 2.46. The molecule has 0 spiro atoms. The van der Waals surface area contributed by atoms with Gasteiger partial charge in [0.1, 0.15) is 0 Å². The number of hydrogen-bond donors (Lipinski definition) is 0. The van der Waals surface area contributed by atoms with E-state index < -0.39 is 0 Å². The lowest BCUT2D eigenvalue weighted by Crippen LogP contribution is -2.30. The van der Waals surface area contributed by atoms with Crippen molar-refractivity contribution in [1.29, 1.82) is 0 Å². The Morgan fingerprint density at radius 2 is 1.80 bits per heavy atom. The van der Waals surface area contributed by atoms with Crippen molar-refractivity contribution in [2.75, 3.05) is 6.54 Å². The second kappa shape index (κ2) is 6.91. The van der Waals surface area contributed by atoms with Crippen LogP contribution in [-0.2, 0) is 6.54 Å². The van der Waals surface area contributed by atoms with Crippen molar-refractivity contribution in [2.24, 2.45) is 0 Å². The highest BCUT2D eigenvalue weighted by molar-refractivity contribution is 9.10. The average molecular weight is 353 g/mol. The monoisotopic (exact) mass is 351 g/mol. The molecule has 0 aromatic heterocycles. The quantitative estimate of drug-likeness (QED) is 0.776. The number of benzene rings is 2. The van der Waals surface area contributed by atoms with Gasteiger partial charge >= 0.3 is 0 Å². The number of amides is 1. The molecule has 2 aromatic carbocycles. The van der Waals surface area contributed by atoms with E-state index in [4.69, 9.17) is 11.6 Å². The van der Waals surface area contributed by atoms with Gasteiger partial charge in [0, 0.05) is 28.1 Å². The van der Waals surface area contributed by atoms with Crippen molar-refractivity contribution < 1.29 is 4.79 Å². The van der Waals surface area contributed by atoms with Crippen LogP contribution in [0.4, 0.5) is 0 Å². The highest BCUT2D eigenvalue weighted by Crippen LogP contribution is 2.19. The molecule has 0 unspecified atom stereocenters. The summed E-state index contributed by atoms with van der Waals surface area (Å²) < 4.78 is 0.961. The molecule has 0 aliphatic carbocycles. The second-order valence-corrected chi connectivity index (χ2v) is 5.74. The fourth-order valence-corrected chi connectivity index (χ4v) is 2.39. The van der Waals surface area contributed by atoms with Crippen LogP contribution < -0.4 is 0 Å². The van der Waals surface area contributed by atoms with Crippen LogP contribution in [0.15, 0.2) is 53.0 Å². The fourth-order valence-electron chi connectivity index (χ4n) is 1.93. The van der Waals surface area contributed by atoms with Crippen molar-refractivity contribution in [3.05, 3.63) is 69.2 Å². The SMILES string of the molecule is CCN(Cc1ccccc1Cl)C(=O)c1ccc(Br)cc1. The molecular formula is C16H15BrClNO. The molecule has 2 aromatic rings. The summed E-state index contributed by atoms with van der Waals surface area (Å²) in [6, 6.07) is 15.0. The zero-order chi connectivity index (χ0) is 14.5. The van der Waals surface area contributed by atoms with Gasteiger partial charge in [0.15, 0.2) is 0 Å². The molecule has 0 atom stereocenters. The minimum atomic E-state index is 0.0138. The zero-order valence-corrected chi connectivity index (χ0v) is 13.5. The molecule has 0 saturated heterocycles. The van der Waals surface area contributed by atoms with Crippen LogP contribution in [-0.4, -0.2) is 17.4 Å². The van der Waals surface area contributed by atoms with Crippen molar-refractivity contribution in [3.8, 4) is 0 Å². The summed E-state index contributed by atoms with van der Waals surface area (Å²) in [6.45, 7) is 3.12. The molecule has 0 radical (unpaired) electrons. The van der Waals surface area contributed by atoms with E-state index in [0.717, 1.165) is 10.0 Å². The Morgan fingerprint density at radius 3 is 2.40 bits per heavy atom. The third kappa shape index (κ3) is 3.62. The first kappa shape index (κ1) is 15.1. The predicted octanol–water partition coefficient (Wildman–Crippen LogP) is 4.76. The van der Waals surface area contributed by atoms with E-state index in [2.05, 4.69) is 15.9 Å². The summed E-state index contributed by atoms with van der Waals surface area (Å²) in [5, 5.41) is 0.689. The topological polar surface area (TPSA) is 20.3 Å². The van der Waals surface area contributed by atoms with Gasteiger partial charge in [-0.1, -0.05) is 45.7 Å². The Morgan fingerprint density at radius 1 is 1.15 bits per heavy atom. The van der Waals surface area contributed by atoms with Crippen LogP contribution in [0, 0.1) is 0 Å². The van der Waals surface area contributed by atoms with Gasteiger partial charge in [-0.05, 0) is 42.8 Å². The van der Waals surface area contributed by atoms with E-state index in [0.29, 0.717) is 23.7 Å². The van der Waals surface area contributed by atoms with Gasteiger partial charge < -0.3 is 4.90 Å². The van der Waals surface area contributed by atoms with Crippen molar-refractivity contribution in [3.63, 3.8) is 0 Å². The number of carbonyl (C=O) groups is 1. The summed E-state index contributed by atoms with van der Waals surface area (Å²) in [5.41, 5.74) is 1.64. The van der Waals surface area contributed by atoms with E-state index in [-0.39, 0.29) is 5.91 Å². The number of nitrogens with zero attached hydrogens (tertiary/aromatic N) is 1. The molecule has 104 valence electrons. The molecule has 0 bridgehead atoms. The lowest BCUT2D eigenvalue weighted by molar-refractivity contribution is 0.0752. The van der Waals surface area contributed by atoms with E-state index >= 15 is 0 Å². The lowest BCUT2D eigenvalue weighted by Gasteiger charge is -2.21. The highest BCUT2D eigenvalue weighted by atomic mass is 79.9. The summed E-state index contributed by atoms with van der Waals surface area (Å²) in [6.07, 6.45) is 0. The molecule has 4 heteroatoms. The number of rotatable bonds is 4. The summed E-state index contributed by atoms with van der Waals surface area (Å²) in [7, 11) is 0. The van der Waals surface area contributed by atoms with Gasteiger partial charge in [0.05, 0.1) is 0 Å². The summed E-state index contributed by atoms with van der Waals surface area (Å²) in [4.78, 5) is 14.3. The van der Waals surface area contributed by atoms with Gasteiger partial charge in [0.25, 0.3) is 5.91 Å². The molecule has 0 aliphatic rings. The Labute approximate surface area is 132 Å². The summed E-state index contributed by atoms with van der Waals surface area (Å²) >= 11 is 9.52. The normalized spacial score (nSPS) is 10.3. The first-order chi connectivity index (χ1) is 9.61. The molecule has 2 nitrogen and oxygen atoms in total. The predicted molar refractivity (Wildman–Crippen MR) is 86.0 cm³/mol. The minimum absolute atomic E-state index is 0.0138. The van der Waals surface area contributed by atoms with Gasteiger partial charge in [-0.3, -0.25) is 4.79 Å². The lowest BCUT2D eigenvalue weighted by atomic mass is 10.1. The standard InChI is InChI=1S/C16H15BrClNO/c1-2-19(11-13-5-3-4-6-15(13)18)16(20)12-7-9-14(17)10-8-12/h3-10H,2,11H2,1H3. The molecule has 2 rings (SSSR count). The minimum Gasteiger partial charge on any atom is -0.335 e. The summed E-state index contributed by atoms with van der Waals surface area (Å²) in [5.74, 6) is 0.0138. The van der Waals surface area contributed by atoms with Crippen LogP contribution in [0.25, 0.3) is 0 Å². The number of hydrogen-bond acceptors (Lipinski definition) is 1. The second-order valence-electron chi connectivity index (χ2n) is 4.42. The number of carbonyl (C=O) groups excluding carboxylic acids is 1. The van der Waals surface area contributed by atoms with E-state index in [9.17, 15) is 4.79 Å². The van der Waals surface area contributed by atoms with E-state index in [1.54, 1.807) is 4.90 Å². The zero-order valence-electron chi connectivity index (χ0n) is 11.1. The molecule has 0 aliphatic heterocycles.